The molecule has 1 aromatic carbocycles. The molecular formula is C10H10Cl2FN. The Morgan fingerprint density at radius 3 is 2.79 bits per heavy atom. The van der Waals surface area contributed by atoms with Gasteiger partial charge in [0.25, 0.3) is 0 Å². The lowest BCUT2D eigenvalue weighted by Gasteiger charge is -2.04. The lowest BCUT2D eigenvalue weighted by molar-refractivity contribution is 0.619. The fraction of sp³-hybridized carbons (Fsp3) is 0.200. The lowest BCUT2D eigenvalue weighted by atomic mass is 10.2. The number of hydrogen-bond donors (Lipinski definition) is 1. The maximum absolute atomic E-state index is 13.1. The van der Waals surface area contributed by atoms with Crippen LogP contribution in [0.2, 0.25) is 0 Å². The van der Waals surface area contributed by atoms with Gasteiger partial charge >= 0.3 is 0 Å². The largest absolute Gasteiger partial charge is 0.381 e. The first-order valence-corrected chi connectivity index (χ1v) is 4.86. The molecule has 0 unspecified atom stereocenters. The predicted molar refractivity (Wildman–Crippen MR) is 59.4 cm³/mol. The molecule has 0 atom stereocenters. The zero-order chi connectivity index (χ0) is 10.6. The fourth-order valence-electron chi connectivity index (χ4n) is 0.949. The van der Waals surface area contributed by atoms with Gasteiger partial charge in [0.1, 0.15) is 10.3 Å². The molecule has 1 nitrogen and oxygen atoms in total. The Labute approximate surface area is 92.5 Å². The van der Waals surface area contributed by atoms with Gasteiger partial charge in [-0.15, -0.1) is 0 Å². The minimum Gasteiger partial charge on any atom is -0.381 e. The molecule has 0 aliphatic carbocycles. The highest BCUT2D eigenvalue weighted by Crippen LogP contribution is 2.13. The molecule has 76 valence electrons. The van der Waals surface area contributed by atoms with E-state index in [0.29, 0.717) is 17.8 Å². The van der Waals surface area contributed by atoms with Crippen LogP contribution >= 0.6 is 23.2 Å². The van der Waals surface area contributed by atoms with Gasteiger partial charge < -0.3 is 5.32 Å². The van der Waals surface area contributed by atoms with E-state index in [1.807, 2.05) is 0 Å². The first-order chi connectivity index (χ1) is 6.59. The van der Waals surface area contributed by atoms with Crippen molar-refractivity contribution in [2.45, 2.75) is 6.92 Å². The van der Waals surface area contributed by atoms with E-state index < -0.39 is 0 Å². The first kappa shape index (κ1) is 11.3. The van der Waals surface area contributed by atoms with E-state index >= 15 is 0 Å². The minimum absolute atomic E-state index is 0.199. The normalized spacial score (nSPS) is 9.71. The zero-order valence-corrected chi connectivity index (χ0v) is 9.16. The van der Waals surface area contributed by atoms with Crippen LogP contribution in [0.15, 0.2) is 28.8 Å². The van der Waals surface area contributed by atoms with E-state index in [4.69, 9.17) is 23.2 Å². The maximum atomic E-state index is 13.1. The van der Waals surface area contributed by atoms with Crippen LogP contribution in [0.3, 0.4) is 0 Å². The van der Waals surface area contributed by atoms with Crippen LogP contribution in [0.25, 0.3) is 0 Å². The van der Waals surface area contributed by atoms with Crippen LogP contribution in [0.1, 0.15) is 5.56 Å². The number of anilines is 1. The summed E-state index contributed by atoms with van der Waals surface area (Å²) in [6.07, 6.45) is 1.60. The molecule has 0 aliphatic heterocycles. The molecule has 0 heterocycles. The summed E-state index contributed by atoms with van der Waals surface area (Å²) in [7, 11) is 0. The summed E-state index contributed by atoms with van der Waals surface area (Å²) in [6, 6.07) is 4.95. The van der Waals surface area contributed by atoms with Gasteiger partial charge in [-0.05, 0) is 30.7 Å². The molecule has 1 aromatic rings. The van der Waals surface area contributed by atoms with Crippen molar-refractivity contribution < 1.29 is 4.39 Å². The van der Waals surface area contributed by atoms with Crippen molar-refractivity contribution in [2.75, 3.05) is 11.9 Å². The summed E-state index contributed by atoms with van der Waals surface area (Å²) < 4.78 is 13.3. The molecule has 0 radical (unpaired) electrons. The second kappa shape index (κ2) is 5.23. The van der Waals surface area contributed by atoms with Crippen LogP contribution in [-0.4, -0.2) is 6.54 Å². The molecule has 0 amide bonds. The molecule has 1 N–H and O–H groups in total. The summed E-state index contributed by atoms with van der Waals surface area (Å²) in [6.45, 7) is 2.19. The Bertz CT molecular complexity index is 346. The zero-order valence-electron chi connectivity index (χ0n) is 7.65. The van der Waals surface area contributed by atoms with Crippen LogP contribution < -0.4 is 5.32 Å². The quantitative estimate of drug-likeness (QED) is 0.837. The Hall–Kier alpha value is -0.730. The molecule has 4 heteroatoms. The van der Waals surface area contributed by atoms with E-state index in [1.54, 1.807) is 25.1 Å². The van der Waals surface area contributed by atoms with Crippen molar-refractivity contribution >= 4 is 28.9 Å². The highest BCUT2D eigenvalue weighted by atomic mass is 35.5. The number of hydrogen-bond acceptors (Lipinski definition) is 1. The first-order valence-electron chi connectivity index (χ1n) is 4.11. The number of nitrogens with one attached hydrogen (secondary N) is 1. The predicted octanol–water partition coefficient (Wildman–Crippen LogP) is 3.87. The van der Waals surface area contributed by atoms with Gasteiger partial charge in [-0.1, -0.05) is 29.3 Å². The lowest BCUT2D eigenvalue weighted by Crippen LogP contribution is -1.99. The van der Waals surface area contributed by atoms with Gasteiger partial charge in [-0.3, -0.25) is 0 Å². The smallest absolute Gasteiger partial charge is 0.128 e. The average molecular weight is 234 g/mol. The Morgan fingerprint density at radius 1 is 1.50 bits per heavy atom. The van der Waals surface area contributed by atoms with Gasteiger partial charge in [-0.2, -0.15) is 0 Å². The van der Waals surface area contributed by atoms with E-state index in [-0.39, 0.29) is 10.3 Å². The third-order valence-corrected chi connectivity index (χ3v) is 2.04. The van der Waals surface area contributed by atoms with E-state index in [1.165, 1.54) is 6.07 Å². The Balaban J connectivity index is 2.60. The highest BCUT2D eigenvalue weighted by molar-refractivity contribution is 6.55. The van der Waals surface area contributed by atoms with Crippen molar-refractivity contribution in [3.8, 4) is 0 Å². The van der Waals surface area contributed by atoms with E-state index in [0.717, 1.165) is 0 Å². The second-order valence-corrected chi connectivity index (χ2v) is 3.85. The third-order valence-electron chi connectivity index (χ3n) is 1.73. The standard InChI is InChI=1S/C10H10Cl2FN/c1-7-2-3-8(6-9(7)13)14-5-4-10(11)12/h2-4,6,14H,5H2,1H3. The number of benzene rings is 1. The third kappa shape index (κ3) is 3.56. The molecule has 0 aromatic heterocycles. The second-order valence-electron chi connectivity index (χ2n) is 2.84. The SMILES string of the molecule is Cc1ccc(NCC=C(Cl)Cl)cc1F. The molecule has 1 rings (SSSR count). The molecule has 0 bridgehead atoms. The fourth-order valence-corrected chi connectivity index (χ4v) is 1.10. The van der Waals surface area contributed by atoms with Crippen molar-refractivity contribution in [2.24, 2.45) is 0 Å². The van der Waals surface area contributed by atoms with Crippen molar-refractivity contribution in [3.63, 3.8) is 0 Å². The number of rotatable bonds is 3. The Kier molecular flexibility index (Phi) is 4.23. The van der Waals surface area contributed by atoms with Crippen LogP contribution in [0.4, 0.5) is 10.1 Å². The summed E-state index contributed by atoms with van der Waals surface area (Å²) in [4.78, 5) is 0. The number of halogens is 3. The van der Waals surface area contributed by atoms with E-state index in [9.17, 15) is 4.39 Å². The molecular weight excluding hydrogens is 224 g/mol. The van der Waals surface area contributed by atoms with Crippen LogP contribution in [0, 0.1) is 12.7 Å². The summed E-state index contributed by atoms with van der Waals surface area (Å²) in [5, 5.41) is 2.96. The topological polar surface area (TPSA) is 12.0 Å². The minimum atomic E-state index is -0.226. The molecule has 0 saturated carbocycles. The average Bonchev–Trinajstić information content (AvgIpc) is 2.10. The number of aryl methyl sites for hydroxylation is 1. The van der Waals surface area contributed by atoms with Gasteiger partial charge in [0, 0.05) is 12.2 Å². The van der Waals surface area contributed by atoms with Gasteiger partial charge in [0.05, 0.1) is 0 Å². The monoisotopic (exact) mass is 233 g/mol. The van der Waals surface area contributed by atoms with Crippen molar-refractivity contribution in [3.05, 3.63) is 40.1 Å². The molecule has 0 fully saturated rings. The van der Waals surface area contributed by atoms with Gasteiger partial charge in [0.15, 0.2) is 0 Å². The summed E-state index contributed by atoms with van der Waals surface area (Å²) >= 11 is 10.8. The van der Waals surface area contributed by atoms with E-state index in [2.05, 4.69) is 5.32 Å². The molecule has 14 heavy (non-hydrogen) atoms. The summed E-state index contributed by atoms with van der Waals surface area (Å²) in [5.74, 6) is -0.226. The molecule has 0 spiro atoms. The van der Waals surface area contributed by atoms with Crippen LogP contribution in [0.5, 0.6) is 0 Å². The van der Waals surface area contributed by atoms with Crippen molar-refractivity contribution in [1.82, 2.24) is 0 Å². The Morgan fingerprint density at radius 2 is 2.21 bits per heavy atom. The maximum Gasteiger partial charge on any atom is 0.128 e. The highest BCUT2D eigenvalue weighted by Gasteiger charge is 1.97. The van der Waals surface area contributed by atoms with Crippen LogP contribution in [-0.2, 0) is 0 Å². The molecule has 0 saturated heterocycles. The molecule has 0 aliphatic rings. The van der Waals surface area contributed by atoms with Crippen molar-refractivity contribution in [1.29, 1.82) is 0 Å². The van der Waals surface area contributed by atoms with Gasteiger partial charge in [-0.25, -0.2) is 4.39 Å². The summed E-state index contributed by atoms with van der Waals surface area (Å²) in [5.41, 5.74) is 1.33. The van der Waals surface area contributed by atoms with Gasteiger partial charge in [0.2, 0.25) is 0 Å².